The number of fused-ring (bicyclic) bond motifs is 1. The molecule has 0 aliphatic heterocycles. The van der Waals surface area contributed by atoms with Crippen molar-refractivity contribution in [2.75, 3.05) is 0 Å². The quantitative estimate of drug-likeness (QED) is 0.772. The maximum absolute atomic E-state index is 11.0. The predicted molar refractivity (Wildman–Crippen MR) is 62.0 cm³/mol. The first-order valence-electron chi connectivity index (χ1n) is 6.40. The normalized spacial score (nSPS) is 32.4. The minimum absolute atomic E-state index is 0.331. The first-order valence-corrected chi connectivity index (χ1v) is 6.40. The molecule has 0 saturated heterocycles. The van der Waals surface area contributed by atoms with Gasteiger partial charge in [-0.1, -0.05) is 17.2 Å². The zero-order chi connectivity index (χ0) is 11.1. The van der Waals surface area contributed by atoms with Crippen molar-refractivity contribution in [1.29, 1.82) is 0 Å². The molecule has 1 saturated carbocycles. The molecule has 0 radical (unpaired) electrons. The fourth-order valence-corrected chi connectivity index (χ4v) is 3.83. The number of allylic oxidation sites excluding steroid dienone is 4. The number of carbonyl (C=O) groups is 1. The van der Waals surface area contributed by atoms with Gasteiger partial charge >= 0.3 is 5.97 Å². The van der Waals surface area contributed by atoms with Crippen molar-refractivity contribution in [3.63, 3.8) is 0 Å². The molecule has 2 heteroatoms. The number of rotatable bonds is 2. The second-order valence-electron chi connectivity index (χ2n) is 5.33. The third-order valence-corrected chi connectivity index (χ3v) is 4.45. The van der Waals surface area contributed by atoms with E-state index in [1.54, 1.807) is 5.57 Å². The van der Waals surface area contributed by atoms with Gasteiger partial charge in [0.25, 0.3) is 0 Å². The molecule has 0 spiro atoms. The smallest absolute Gasteiger partial charge is 0.303 e. The van der Waals surface area contributed by atoms with Crippen LogP contribution in [0.5, 0.6) is 0 Å². The Morgan fingerprint density at radius 1 is 1.31 bits per heavy atom. The lowest BCUT2D eigenvalue weighted by molar-refractivity contribution is -0.138. The van der Waals surface area contributed by atoms with Gasteiger partial charge in [-0.25, -0.2) is 0 Å². The summed E-state index contributed by atoms with van der Waals surface area (Å²) >= 11 is 0. The molecule has 0 heterocycles. The molecule has 0 amide bonds. The SMILES string of the molecule is O=C(O)CC1C2=C(C=C3CCCC31)CCC2. The van der Waals surface area contributed by atoms with Crippen LogP contribution >= 0.6 is 0 Å². The lowest BCUT2D eigenvalue weighted by Crippen LogP contribution is -2.22. The molecular formula is C14H18O2. The molecule has 16 heavy (non-hydrogen) atoms. The molecule has 2 atom stereocenters. The summed E-state index contributed by atoms with van der Waals surface area (Å²) in [5, 5.41) is 9.06. The Labute approximate surface area is 96.0 Å². The molecule has 1 N–H and O–H groups in total. The minimum Gasteiger partial charge on any atom is -0.481 e. The van der Waals surface area contributed by atoms with E-state index >= 15 is 0 Å². The number of hydrogen-bond acceptors (Lipinski definition) is 1. The number of carboxylic acids is 1. The highest BCUT2D eigenvalue weighted by atomic mass is 16.4. The van der Waals surface area contributed by atoms with Crippen molar-refractivity contribution in [2.24, 2.45) is 11.8 Å². The Balaban J connectivity index is 1.94. The van der Waals surface area contributed by atoms with E-state index in [0.29, 0.717) is 18.3 Å². The van der Waals surface area contributed by atoms with Gasteiger partial charge in [0, 0.05) is 0 Å². The van der Waals surface area contributed by atoms with Crippen molar-refractivity contribution >= 4 is 5.97 Å². The van der Waals surface area contributed by atoms with E-state index in [1.807, 2.05) is 0 Å². The lowest BCUT2D eigenvalue weighted by atomic mass is 9.75. The van der Waals surface area contributed by atoms with Gasteiger partial charge in [0.1, 0.15) is 0 Å². The second kappa shape index (κ2) is 3.76. The third kappa shape index (κ3) is 1.51. The van der Waals surface area contributed by atoms with Gasteiger partial charge in [-0.05, 0) is 55.9 Å². The van der Waals surface area contributed by atoms with E-state index in [9.17, 15) is 4.79 Å². The summed E-state index contributed by atoms with van der Waals surface area (Å²) in [6, 6.07) is 0. The molecular weight excluding hydrogens is 200 g/mol. The summed E-state index contributed by atoms with van der Waals surface area (Å²) < 4.78 is 0. The van der Waals surface area contributed by atoms with Gasteiger partial charge in [-0.3, -0.25) is 4.79 Å². The van der Waals surface area contributed by atoms with Gasteiger partial charge in [-0.15, -0.1) is 0 Å². The zero-order valence-corrected chi connectivity index (χ0v) is 9.54. The molecule has 0 aromatic rings. The van der Waals surface area contributed by atoms with Crippen LogP contribution in [0.1, 0.15) is 44.9 Å². The zero-order valence-electron chi connectivity index (χ0n) is 9.54. The number of aliphatic carboxylic acids is 1. The van der Waals surface area contributed by atoms with E-state index < -0.39 is 5.97 Å². The Bertz CT molecular complexity index is 390. The van der Waals surface area contributed by atoms with E-state index in [4.69, 9.17) is 5.11 Å². The molecule has 3 aliphatic carbocycles. The summed E-state index contributed by atoms with van der Waals surface area (Å²) in [5.74, 6) is 0.266. The van der Waals surface area contributed by atoms with Crippen LogP contribution in [0.15, 0.2) is 22.8 Å². The van der Waals surface area contributed by atoms with Crippen LogP contribution in [0.25, 0.3) is 0 Å². The summed E-state index contributed by atoms with van der Waals surface area (Å²) in [6.45, 7) is 0. The van der Waals surface area contributed by atoms with Gasteiger partial charge in [-0.2, -0.15) is 0 Å². The molecule has 0 aromatic heterocycles. The number of hydrogen-bond donors (Lipinski definition) is 1. The predicted octanol–water partition coefficient (Wildman–Crippen LogP) is 3.30. The maximum Gasteiger partial charge on any atom is 0.303 e. The molecule has 1 fully saturated rings. The molecule has 0 bridgehead atoms. The van der Waals surface area contributed by atoms with Crippen LogP contribution < -0.4 is 0 Å². The highest BCUT2D eigenvalue weighted by Gasteiger charge is 2.37. The minimum atomic E-state index is -0.628. The molecule has 2 nitrogen and oxygen atoms in total. The van der Waals surface area contributed by atoms with Crippen molar-refractivity contribution in [3.05, 3.63) is 22.8 Å². The van der Waals surface area contributed by atoms with Crippen molar-refractivity contribution < 1.29 is 9.90 Å². The summed E-state index contributed by atoms with van der Waals surface area (Å²) in [7, 11) is 0. The van der Waals surface area contributed by atoms with Gasteiger partial charge in [0.05, 0.1) is 6.42 Å². The summed E-state index contributed by atoms with van der Waals surface area (Å²) in [5.41, 5.74) is 4.52. The lowest BCUT2D eigenvalue weighted by Gasteiger charge is -2.29. The topological polar surface area (TPSA) is 37.3 Å². The fourth-order valence-electron chi connectivity index (χ4n) is 3.83. The van der Waals surface area contributed by atoms with Crippen LogP contribution in [-0.4, -0.2) is 11.1 Å². The van der Waals surface area contributed by atoms with Crippen molar-refractivity contribution in [2.45, 2.75) is 44.9 Å². The van der Waals surface area contributed by atoms with Crippen LogP contribution in [0, 0.1) is 11.8 Å². The van der Waals surface area contributed by atoms with Crippen LogP contribution in [-0.2, 0) is 4.79 Å². The first-order chi connectivity index (χ1) is 7.75. The standard InChI is InChI=1S/C14H18O2/c15-14(16)8-13-11-5-1-3-9(11)7-10-4-2-6-12(10)13/h7,11,13H,1-6,8H2,(H,15,16). The molecule has 2 unspecified atom stereocenters. The maximum atomic E-state index is 11.0. The molecule has 0 aromatic carbocycles. The summed E-state index contributed by atoms with van der Waals surface area (Å²) in [4.78, 5) is 11.0. The Hall–Kier alpha value is -1.05. The highest BCUT2D eigenvalue weighted by Crippen LogP contribution is 2.49. The van der Waals surface area contributed by atoms with Gasteiger partial charge in [0.2, 0.25) is 0 Å². The summed E-state index contributed by atoms with van der Waals surface area (Å²) in [6.07, 6.45) is 9.98. The fraction of sp³-hybridized carbons (Fsp3) is 0.643. The van der Waals surface area contributed by atoms with Crippen molar-refractivity contribution in [3.8, 4) is 0 Å². The van der Waals surface area contributed by atoms with Crippen LogP contribution in [0.3, 0.4) is 0 Å². The number of carboxylic acid groups (broad SMARTS) is 1. The Morgan fingerprint density at radius 2 is 2.19 bits per heavy atom. The van der Waals surface area contributed by atoms with Gasteiger partial charge in [0.15, 0.2) is 0 Å². The Kier molecular flexibility index (Phi) is 2.38. The Morgan fingerprint density at radius 3 is 3.00 bits per heavy atom. The van der Waals surface area contributed by atoms with Crippen LogP contribution in [0.2, 0.25) is 0 Å². The molecule has 86 valence electrons. The van der Waals surface area contributed by atoms with Gasteiger partial charge < -0.3 is 5.11 Å². The second-order valence-corrected chi connectivity index (χ2v) is 5.33. The first kappa shape index (κ1) is 10.1. The largest absolute Gasteiger partial charge is 0.481 e. The average molecular weight is 218 g/mol. The van der Waals surface area contributed by atoms with Crippen molar-refractivity contribution in [1.82, 2.24) is 0 Å². The van der Waals surface area contributed by atoms with E-state index in [-0.39, 0.29) is 0 Å². The van der Waals surface area contributed by atoms with E-state index in [1.165, 1.54) is 43.3 Å². The third-order valence-electron chi connectivity index (χ3n) is 4.45. The molecule has 3 aliphatic rings. The highest BCUT2D eigenvalue weighted by molar-refractivity contribution is 5.68. The van der Waals surface area contributed by atoms with Crippen LogP contribution in [0.4, 0.5) is 0 Å². The molecule has 3 rings (SSSR count). The van der Waals surface area contributed by atoms with E-state index in [2.05, 4.69) is 6.08 Å². The van der Waals surface area contributed by atoms with E-state index in [0.717, 1.165) is 6.42 Å². The average Bonchev–Trinajstić information content (AvgIpc) is 2.83. The monoisotopic (exact) mass is 218 g/mol.